The maximum absolute atomic E-state index is 13.1. The number of nitrogens with zero attached hydrogens (tertiary/aromatic N) is 3. The van der Waals surface area contributed by atoms with Crippen LogP contribution in [0.4, 0.5) is 0 Å². The van der Waals surface area contributed by atoms with Gasteiger partial charge >= 0.3 is 0 Å². The first kappa shape index (κ1) is 22.2. The Hall–Kier alpha value is -3.05. The monoisotopic (exact) mass is 428 g/mol. The third-order valence-electron chi connectivity index (χ3n) is 6.54. The largest absolute Gasteiger partial charge is 0.303 e. The fourth-order valence-corrected chi connectivity index (χ4v) is 4.16. The van der Waals surface area contributed by atoms with Gasteiger partial charge in [0.2, 0.25) is 0 Å². The summed E-state index contributed by atoms with van der Waals surface area (Å²) in [6.07, 6.45) is 2.91. The highest BCUT2D eigenvalue weighted by Gasteiger charge is 2.16. The van der Waals surface area contributed by atoms with Crippen LogP contribution < -0.4 is 5.43 Å². The minimum atomic E-state index is -0.188. The number of nitrogens with one attached hydrogen (secondary N) is 1. The number of carbonyl (C=O) groups is 1. The number of hydrogen-bond acceptors (Lipinski definition) is 4. The average Bonchev–Trinajstić information content (AvgIpc) is 2.86. The smallest absolute Gasteiger partial charge is 0.272 e. The molecule has 0 unspecified atom stereocenters. The van der Waals surface area contributed by atoms with Crippen molar-refractivity contribution in [1.82, 2.24) is 15.3 Å². The van der Waals surface area contributed by atoms with E-state index in [1.165, 1.54) is 5.56 Å². The maximum atomic E-state index is 13.1. The van der Waals surface area contributed by atoms with Gasteiger partial charge in [0.15, 0.2) is 0 Å². The fraction of sp³-hybridized carbons (Fsp3) is 0.370. The van der Waals surface area contributed by atoms with Crippen LogP contribution in [-0.4, -0.2) is 41.1 Å². The lowest BCUT2D eigenvalue weighted by atomic mass is 9.96. The lowest BCUT2D eigenvalue weighted by Crippen LogP contribution is -2.34. The summed E-state index contributed by atoms with van der Waals surface area (Å²) in [6, 6.07) is 18.2. The van der Waals surface area contributed by atoms with Gasteiger partial charge in [-0.05, 0) is 36.6 Å². The van der Waals surface area contributed by atoms with E-state index in [1.807, 2.05) is 30.3 Å². The SMILES string of the molecule is CC[C@H](C)c1ccc(-c2cc(C(=O)NN=C3CCN(CC)CC3)c3ccccc3n2)cc1. The van der Waals surface area contributed by atoms with Gasteiger partial charge in [-0.15, -0.1) is 0 Å². The summed E-state index contributed by atoms with van der Waals surface area (Å²) in [7, 11) is 0. The molecule has 5 nitrogen and oxygen atoms in total. The molecule has 0 bridgehead atoms. The molecule has 1 aliphatic rings. The fourth-order valence-electron chi connectivity index (χ4n) is 4.16. The molecule has 166 valence electrons. The van der Waals surface area contributed by atoms with E-state index in [1.54, 1.807) is 0 Å². The molecule has 2 heterocycles. The molecule has 0 aliphatic carbocycles. The van der Waals surface area contributed by atoms with Crippen LogP contribution in [0.25, 0.3) is 22.2 Å². The Labute approximate surface area is 190 Å². The molecule has 2 aromatic carbocycles. The summed E-state index contributed by atoms with van der Waals surface area (Å²) in [6.45, 7) is 9.67. The van der Waals surface area contributed by atoms with Crippen molar-refractivity contribution in [2.75, 3.05) is 19.6 Å². The van der Waals surface area contributed by atoms with E-state index in [-0.39, 0.29) is 5.91 Å². The quantitative estimate of drug-likeness (QED) is 0.519. The number of benzene rings is 2. The van der Waals surface area contributed by atoms with Gasteiger partial charge in [0.05, 0.1) is 16.8 Å². The third-order valence-corrected chi connectivity index (χ3v) is 6.54. The van der Waals surface area contributed by atoms with Gasteiger partial charge in [-0.2, -0.15) is 5.10 Å². The van der Waals surface area contributed by atoms with Crippen molar-refractivity contribution in [2.24, 2.45) is 5.10 Å². The van der Waals surface area contributed by atoms with Gasteiger partial charge in [-0.3, -0.25) is 4.79 Å². The number of rotatable bonds is 6. The zero-order valence-corrected chi connectivity index (χ0v) is 19.3. The van der Waals surface area contributed by atoms with Crippen molar-refractivity contribution in [3.05, 3.63) is 65.7 Å². The lowest BCUT2D eigenvalue weighted by Gasteiger charge is -2.25. The van der Waals surface area contributed by atoms with Crippen molar-refractivity contribution >= 4 is 22.5 Å². The van der Waals surface area contributed by atoms with Crippen molar-refractivity contribution in [2.45, 2.75) is 46.0 Å². The highest BCUT2D eigenvalue weighted by Crippen LogP contribution is 2.27. The predicted molar refractivity (Wildman–Crippen MR) is 132 cm³/mol. The van der Waals surface area contributed by atoms with E-state index >= 15 is 0 Å². The Balaban J connectivity index is 1.62. The number of piperidine rings is 1. The van der Waals surface area contributed by atoms with Gasteiger partial charge < -0.3 is 4.90 Å². The molecular formula is C27H32N4O. The second-order valence-corrected chi connectivity index (χ2v) is 8.56. The number of fused-ring (bicyclic) bond motifs is 1. The van der Waals surface area contributed by atoms with Crippen LogP contribution in [0.2, 0.25) is 0 Å². The molecule has 1 aromatic heterocycles. The first-order chi connectivity index (χ1) is 15.6. The molecular weight excluding hydrogens is 396 g/mol. The van der Waals surface area contributed by atoms with E-state index in [2.05, 4.69) is 60.5 Å². The van der Waals surface area contributed by atoms with E-state index in [0.717, 1.165) is 66.8 Å². The molecule has 5 heteroatoms. The molecule has 1 fully saturated rings. The summed E-state index contributed by atoms with van der Waals surface area (Å²) >= 11 is 0. The molecule has 1 atom stereocenters. The molecule has 1 saturated heterocycles. The van der Waals surface area contributed by atoms with E-state index in [9.17, 15) is 4.79 Å². The number of likely N-dealkylation sites (tertiary alicyclic amines) is 1. The standard InChI is InChI=1S/C27H32N4O/c1-4-19(3)20-10-12-21(13-11-20)26-18-24(23-8-6-7-9-25(23)28-26)27(32)30-29-22-14-16-31(5-2)17-15-22/h6-13,18-19H,4-5,14-17H2,1-3H3,(H,30,32)/t19-/m0/s1. The molecule has 32 heavy (non-hydrogen) atoms. The van der Waals surface area contributed by atoms with E-state index < -0.39 is 0 Å². The van der Waals surface area contributed by atoms with Gasteiger partial charge in [-0.25, -0.2) is 10.4 Å². The van der Waals surface area contributed by atoms with Gasteiger partial charge in [-0.1, -0.05) is 63.2 Å². The minimum Gasteiger partial charge on any atom is -0.303 e. The molecule has 0 spiro atoms. The van der Waals surface area contributed by atoms with E-state index in [0.29, 0.717) is 11.5 Å². The van der Waals surface area contributed by atoms with Gasteiger partial charge in [0.1, 0.15) is 0 Å². The number of aromatic nitrogens is 1. The first-order valence-electron chi connectivity index (χ1n) is 11.7. The topological polar surface area (TPSA) is 57.6 Å². The van der Waals surface area contributed by atoms with Crippen molar-refractivity contribution in [1.29, 1.82) is 0 Å². The number of para-hydroxylation sites is 1. The number of hydrogen-bond donors (Lipinski definition) is 1. The summed E-state index contributed by atoms with van der Waals surface area (Å²) < 4.78 is 0. The number of amides is 1. The minimum absolute atomic E-state index is 0.188. The Morgan fingerprint density at radius 1 is 1.09 bits per heavy atom. The zero-order valence-electron chi connectivity index (χ0n) is 19.3. The van der Waals surface area contributed by atoms with Crippen LogP contribution in [0, 0.1) is 0 Å². The first-order valence-corrected chi connectivity index (χ1v) is 11.7. The number of pyridine rings is 1. The molecule has 0 saturated carbocycles. The zero-order chi connectivity index (χ0) is 22.5. The number of carbonyl (C=O) groups excluding carboxylic acids is 1. The summed E-state index contributed by atoms with van der Waals surface area (Å²) in [4.78, 5) is 20.4. The van der Waals surface area contributed by atoms with Crippen molar-refractivity contribution < 1.29 is 4.79 Å². The Morgan fingerprint density at radius 3 is 2.50 bits per heavy atom. The van der Waals surface area contributed by atoms with Crippen LogP contribution in [0.15, 0.2) is 59.7 Å². The summed E-state index contributed by atoms with van der Waals surface area (Å²) in [5.74, 6) is 0.338. The lowest BCUT2D eigenvalue weighted by molar-refractivity contribution is 0.0956. The molecule has 1 amide bonds. The molecule has 3 aromatic rings. The molecule has 1 N–H and O–H groups in total. The molecule has 0 radical (unpaired) electrons. The van der Waals surface area contributed by atoms with Crippen molar-refractivity contribution in [3.63, 3.8) is 0 Å². The second kappa shape index (κ2) is 10.0. The van der Waals surface area contributed by atoms with Crippen LogP contribution in [-0.2, 0) is 0 Å². The predicted octanol–water partition coefficient (Wildman–Crippen LogP) is 5.62. The van der Waals surface area contributed by atoms with Crippen LogP contribution in [0.1, 0.15) is 61.9 Å². The summed E-state index contributed by atoms with van der Waals surface area (Å²) in [5, 5.41) is 5.29. The van der Waals surface area contributed by atoms with Crippen LogP contribution >= 0.6 is 0 Å². The van der Waals surface area contributed by atoms with E-state index in [4.69, 9.17) is 4.98 Å². The molecule has 1 aliphatic heterocycles. The summed E-state index contributed by atoms with van der Waals surface area (Å²) in [5.41, 5.74) is 8.41. The van der Waals surface area contributed by atoms with Gasteiger partial charge in [0.25, 0.3) is 5.91 Å². The third kappa shape index (κ3) is 4.89. The van der Waals surface area contributed by atoms with Crippen molar-refractivity contribution in [3.8, 4) is 11.3 Å². The van der Waals surface area contributed by atoms with Crippen LogP contribution in [0.5, 0.6) is 0 Å². The maximum Gasteiger partial charge on any atom is 0.272 e. The normalized spacial score (nSPS) is 15.5. The highest BCUT2D eigenvalue weighted by molar-refractivity contribution is 6.07. The molecule has 4 rings (SSSR count). The Kier molecular flexibility index (Phi) is 6.96. The van der Waals surface area contributed by atoms with Crippen LogP contribution in [0.3, 0.4) is 0 Å². The number of hydrazone groups is 1. The highest BCUT2D eigenvalue weighted by atomic mass is 16.2. The van der Waals surface area contributed by atoms with Gasteiger partial charge in [0, 0.05) is 42.6 Å². The Bertz CT molecular complexity index is 1110. The average molecular weight is 429 g/mol. The Morgan fingerprint density at radius 2 is 1.81 bits per heavy atom. The second-order valence-electron chi connectivity index (χ2n) is 8.56.